The lowest BCUT2D eigenvalue weighted by atomic mass is 10.2. The van der Waals surface area contributed by atoms with E-state index >= 15 is 0 Å². The molecule has 0 aliphatic heterocycles. The van der Waals surface area contributed by atoms with E-state index < -0.39 is 0 Å². The van der Waals surface area contributed by atoms with Gasteiger partial charge in [0.05, 0.1) is 6.54 Å². The molecule has 0 bridgehead atoms. The molecule has 2 N–H and O–H groups in total. The van der Waals surface area contributed by atoms with Gasteiger partial charge >= 0.3 is 0 Å². The molecule has 0 amide bonds. The second-order valence-corrected chi connectivity index (χ2v) is 6.78. The van der Waals surface area contributed by atoms with Gasteiger partial charge in [-0.15, -0.1) is 0 Å². The summed E-state index contributed by atoms with van der Waals surface area (Å²) in [7, 11) is 0. The van der Waals surface area contributed by atoms with Gasteiger partial charge in [-0.2, -0.15) is 5.10 Å². The molecule has 25 heavy (non-hydrogen) atoms. The molecule has 0 spiro atoms. The third-order valence-corrected chi connectivity index (χ3v) is 4.40. The summed E-state index contributed by atoms with van der Waals surface area (Å²) in [5.74, 6) is 0.498. The van der Waals surface area contributed by atoms with Gasteiger partial charge in [0.15, 0.2) is 10.9 Å². The minimum absolute atomic E-state index is 0.425. The third-order valence-electron chi connectivity index (χ3n) is 3.55. The minimum Gasteiger partial charge on any atom is -0.332 e. The number of thiocarbonyl (C=S) groups is 1. The lowest BCUT2D eigenvalue weighted by Gasteiger charge is -2.09. The maximum Gasteiger partial charge on any atom is 0.176 e. The van der Waals surface area contributed by atoms with E-state index in [0.717, 1.165) is 11.3 Å². The van der Waals surface area contributed by atoms with E-state index in [4.69, 9.17) is 35.4 Å². The quantitative estimate of drug-likeness (QED) is 0.588. The number of nitrogens with one attached hydrogen (secondary N) is 2. The van der Waals surface area contributed by atoms with Gasteiger partial charge in [0.1, 0.15) is 5.02 Å². The van der Waals surface area contributed by atoms with Crippen LogP contribution in [0.15, 0.2) is 54.7 Å². The first-order valence-corrected chi connectivity index (χ1v) is 8.79. The van der Waals surface area contributed by atoms with Crippen molar-refractivity contribution in [2.24, 2.45) is 0 Å². The normalized spacial score (nSPS) is 10.5. The Bertz CT molecular complexity index is 890. The van der Waals surface area contributed by atoms with Crippen molar-refractivity contribution < 1.29 is 0 Å². The molecule has 3 aromatic rings. The van der Waals surface area contributed by atoms with Gasteiger partial charge in [0.2, 0.25) is 0 Å². The van der Waals surface area contributed by atoms with Crippen LogP contribution in [0.5, 0.6) is 0 Å². The van der Waals surface area contributed by atoms with E-state index in [9.17, 15) is 0 Å². The third kappa shape index (κ3) is 4.72. The predicted molar refractivity (Wildman–Crippen MR) is 109 cm³/mol. The van der Waals surface area contributed by atoms with Crippen LogP contribution in [0.2, 0.25) is 10.0 Å². The van der Waals surface area contributed by atoms with Crippen molar-refractivity contribution in [3.8, 4) is 0 Å². The highest BCUT2D eigenvalue weighted by molar-refractivity contribution is 7.80. The molecule has 7 heteroatoms. The minimum atomic E-state index is 0.425. The zero-order chi connectivity index (χ0) is 17.8. The summed E-state index contributed by atoms with van der Waals surface area (Å²) >= 11 is 17.8. The average Bonchev–Trinajstić information content (AvgIpc) is 2.91. The summed E-state index contributed by atoms with van der Waals surface area (Å²) in [6.07, 6.45) is 1.74. The zero-order valence-electron chi connectivity index (χ0n) is 13.5. The topological polar surface area (TPSA) is 41.9 Å². The summed E-state index contributed by atoms with van der Waals surface area (Å²) in [6.45, 7) is 2.56. The molecule has 0 atom stereocenters. The fraction of sp³-hybridized carbons (Fsp3) is 0.111. The van der Waals surface area contributed by atoms with Crippen LogP contribution in [0.4, 0.5) is 11.5 Å². The van der Waals surface area contributed by atoms with Gasteiger partial charge in [0.25, 0.3) is 0 Å². The molecule has 0 aliphatic rings. The molecule has 0 radical (unpaired) electrons. The number of aromatic nitrogens is 2. The fourth-order valence-corrected chi connectivity index (χ4v) is 2.88. The average molecular weight is 391 g/mol. The highest BCUT2D eigenvalue weighted by Crippen LogP contribution is 2.22. The van der Waals surface area contributed by atoms with Crippen LogP contribution in [0, 0.1) is 6.92 Å². The molecule has 1 heterocycles. The van der Waals surface area contributed by atoms with Crippen LogP contribution in [0.1, 0.15) is 11.1 Å². The number of benzene rings is 2. The number of aryl methyl sites for hydroxylation is 1. The van der Waals surface area contributed by atoms with Crippen molar-refractivity contribution >= 4 is 52.0 Å². The van der Waals surface area contributed by atoms with Crippen LogP contribution in [-0.2, 0) is 6.54 Å². The zero-order valence-corrected chi connectivity index (χ0v) is 15.8. The summed E-state index contributed by atoms with van der Waals surface area (Å²) < 4.78 is 1.72. The molecule has 0 fully saturated rings. The molecule has 128 valence electrons. The van der Waals surface area contributed by atoms with Gasteiger partial charge in [0, 0.05) is 16.9 Å². The lowest BCUT2D eigenvalue weighted by Crippen LogP contribution is -2.19. The molecule has 2 aromatic carbocycles. The van der Waals surface area contributed by atoms with Crippen LogP contribution in [0.25, 0.3) is 0 Å². The van der Waals surface area contributed by atoms with E-state index in [-0.39, 0.29) is 0 Å². The van der Waals surface area contributed by atoms with Crippen LogP contribution in [-0.4, -0.2) is 14.9 Å². The van der Waals surface area contributed by atoms with Crippen LogP contribution < -0.4 is 10.6 Å². The van der Waals surface area contributed by atoms with Crippen molar-refractivity contribution in [1.29, 1.82) is 0 Å². The smallest absolute Gasteiger partial charge is 0.176 e. The van der Waals surface area contributed by atoms with Crippen molar-refractivity contribution in [2.75, 3.05) is 10.6 Å². The molecule has 4 nitrogen and oxygen atoms in total. The number of hydrogen-bond donors (Lipinski definition) is 2. The van der Waals surface area contributed by atoms with Crippen LogP contribution >= 0.6 is 35.4 Å². The monoisotopic (exact) mass is 390 g/mol. The van der Waals surface area contributed by atoms with Crippen molar-refractivity contribution in [3.05, 3.63) is 75.9 Å². The summed E-state index contributed by atoms with van der Waals surface area (Å²) in [5, 5.41) is 12.2. The second kappa shape index (κ2) is 7.87. The molecule has 0 saturated heterocycles. The Morgan fingerprint density at radius 2 is 1.76 bits per heavy atom. The van der Waals surface area contributed by atoms with Gasteiger partial charge in [-0.3, -0.25) is 4.68 Å². The Balaban J connectivity index is 1.67. The number of anilines is 2. The molecule has 0 saturated carbocycles. The summed E-state index contributed by atoms with van der Waals surface area (Å²) in [6, 6.07) is 15.6. The maximum atomic E-state index is 6.25. The van der Waals surface area contributed by atoms with Crippen LogP contribution in [0.3, 0.4) is 0 Å². The number of halogens is 2. The van der Waals surface area contributed by atoms with Gasteiger partial charge in [-0.05, 0) is 42.9 Å². The number of hydrogen-bond acceptors (Lipinski definition) is 2. The van der Waals surface area contributed by atoms with E-state index in [0.29, 0.717) is 27.5 Å². The van der Waals surface area contributed by atoms with E-state index in [1.165, 1.54) is 5.56 Å². The molecular weight excluding hydrogens is 375 g/mol. The highest BCUT2D eigenvalue weighted by Gasteiger charge is 2.10. The Kier molecular flexibility index (Phi) is 5.58. The van der Waals surface area contributed by atoms with Crippen molar-refractivity contribution in [1.82, 2.24) is 9.78 Å². The fourth-order valence-electron chi connectivity index (χ4n) is 2.27. The second-order valence-electron chi connectivity index (χ2n) is 5.56. The Morgan fingerprint density at radius 1 is 1.04 bits per heavy atom. The molecule has 1 aromatic heterocycles. The van der Waals surface area contributed by atoms with Crippen molar-refractivity contribution in [3.63, 3.8) is 0 Å². The highest BCUT2D eigenvalue weighted by atomic mass is 35.5. The molecule has 0 aliphatic carbocycles. The van der Waals surface area contributed by atoms with E-state index in [2.05, 4.69) is 15.7 Å². The number of rotatable bonds is 4. The Labute approximate surface area is 161 Å². The van der Waals surface area contributed by atoms with Gasteiger partial charge < -0.3 is 10.6 Å². The summed E-state index contributed by atoms with van der Waals surface area (Å²) in [4.78, 5) is 0. The van der Waals surface area contributed by atoms with Crippen molar-refractivity contribution in [2.45, 2.75) is 13.5 Å². The number of nitrogens with zero attached hydrogens (tertiary/aromatic N) is 2. The molecule has 0 unspecified atom stereocenters. The lowest BCUT2D eigenvalue weighted by molar-refractivity contribution is 0.690. The first-order valence-electron chi connectivity index (χ1n) is 7.62. The Hall–Kier alpha value is -2.08. The molecule has 3 rings (SSSR count). The Morgan fingerprint density at radius 3 is 2.48 bits per heavy atom. The van der Waals surface area contributed by atoms with E-state index in [1.54, 1.807) is 10.9 Å². The molecular formula is C18H16Cl2N4S. The first-order chi connectivity index (χ1) is 12.0. The van der Waals surface area contributed by atoms with Gasteiger partial charge in [-0.25, -0.2) is 0 Å². The van der Waals surface area contributed by atoms with Gasteiger partial charge in [-0.1, -0.05) is 59.1 Å². The standard InChI is InChI=1S/C18H16Cl2N4S/c1-12-6-8-14(9-7-12)21-18(25)22-17-16(20)11-24(23-17)10-13-4-2-3-5-15(13)19/h2-9,11H,10H2,1H3,(H2,21,22,23,25). The maximum absolute atomic E-state index is 6.25. The van der Waals surface area contributed by atoms with E-state index in [1.807, 2.05) is 55.5 Å². The summed E-state index contributed by atoms with van der Waals surface area (Å²) in [5.41, 5.74) is 3.05. The largest absolute Gasteiger partial charge is 0.332 e. The predicted octanol–water partition coefficient (Wildman–Crippen LogP) is 5.36. The SMILES string of the molecule is Cc1ccc(NC(=S)Nc2nn(Cc3ccccc3Cl)cc2Cl)cc1. The first kappa shape index (κ1) is 17.7.